The van der Waals surface area contributed by atoms with Gasteiger partial charge in [-0.1, -0.05) is 18.2 Å². The minimum Gasteiger partial charge on any atom is -0.478 e. The molecule has 2 aromatic carbocycles. The number of ether oxygens (including phenoxy) is 1. The second-order valence-corrected chi connectivity index (χ2v) is 8.18. The van der Waals surface area contributed by atoms with E-state index in [-0.39, 0.29) is 5.56 Å². The molecule has 3 aromatic rings. The summed E-state index contributed by atoms with van der Waals surface area (Å²) in [6.45, 7) is 5.99. The van der Waals surface area contributed by atoms with Crippen molar-refractivity contribution in [1.29, 1.82) is 0 Å². The van der Waals surface area contributed by atoms with Gasteiger partial charge in [0.05, 0.1) is 12.1 Å². The molecule has 7 nitrogen and oxygen atoms in total. The lowest BCUT2D eigenvalue weighted by Crippen LogP contribution is -2.27. The van der Waals surface area contributed by atoms with E-state index < -0.39 is 17.7 Å². The second-order valence-electron chi connectivity index (χ2n) is 8.18. The molecule has 0 spiro atoms. The van der Waals surface area contributed by atoms with Crippen LogP contribution < -0.4 is 10.6 Å². The number of aromatic carboxylic acids is 1. The molecule has 0 fully saturated rings. The largest absolute Gasteiger partial charge is 0.478 e. The third-order valence-electron chi connectivity index (χ3n) is 4.80. The van der Waals surface area contributed by atoms with E-state index in [9.17, 15) is 14.7 Å². The molecule has 30 heavy (non-hydrogen) atoms. The quantitative estimate of drug-likeness (QED) is 0.472. The summed E-state index contributed by atoms with van der Waals surface area (Å²) in [4.78, 5) is 26.6. The first-order valence-corrected chi connectivity index (χ1v) is 9.63. The molecule has 0 bridgehead atoms. The van der Waals surface area contributed by atoms with Crippen LogP contribution in [-0.4, -0.2) is 27.8 Å². The van der Waals surface area contributed by atoms with Gasteiger partial charge < -0.3 is 20.1 Å². The Kier molecular flexibility index (Phi) is 4.73. The second kappa shape index (κ2) is 7.26. The maximum Gasteiger partial charge on any atom is 0.412 e. The average molecular weight is 405 g/mol. The van der Waals surface area contributed by atoms with Crippen molar-refractivity contribution < 1.29 is 19.4 Å². The number of aromatic nitrogens is 1. The van der Waals surface area contributed by atoms with Crippen LogP contribution in [0.15, 0.2) is 48.7 Å². The Hall–Kier alpha value is -3.74. The molecule has 1 aliphatic rings. The highest BCUT2D eigenvalue weighted by molar-refractivity contribution is 6.01. The molecule has 4 N–H and O–H groups in total. The molecule has 0 atom stereocenters. The summed E-state index contributed by atoms with van der Waals surface area (Å²) in [5.74, 6) is -0.955. The number of carboxylic acids is 1. The van der Waals surface area contributed by atoms with Crippen molar-refractivity contribution in [3.63, 3.8) is 0 Å². The third kappa shape index (κ3) is 3.87. The zero-order valence-corrected chi connectivity index (χ0v) is 17.0. The molecule has 1 amide bonds. The summed E-state index contributed by atoms with van der Waals surface area (Å²) in [5, 5.41) is 15.6. The normalized spacial score (nSPS) is 12.4. The van der Waals surface area contributed by atoms with Crippen LogP contribution in [0.5, 0.6) is 0 Å². The summed E-state index contributed by atoms with van der Waals surface area (Å²) >= 11 is 0. The molecule has 1 aromatic heterocycles. The number of hydrogen-bond donors (Lipinski definition) is 4. The van der Waals surface area contributed by atoms with Crippen molar-refractivity contribution in [1.82, 2.24) is 4.98 Å². The van der Waals surface area contributed by atoms with Crippen LogP contribution in [0.2, 0.25) is 0 Å². The predicted molar refractivity (Wildman–Crippen MR) is 116 cm³/mol. The number of hydrogen-bond acceptors (Lipinski definition) is 4. The van der Waals surface area contributed by atoms with Gasteiger partial charge in [-0.05, 0) is 56.2 Å². The number of fused-ring (bicyclic) bond motifs is 3. The summed E-state index contributed by atoms with van der Waals surface area (Å²) in [6, 6.07) is 13.3. The molecule has 0 saturated carbocycles. The standard InChI is InChI=1S/C23H23N3O4/c1-23(2,3)30-22(29)26-15-7-4-13(5-8-15)14-6-9-18-16(10-14)20-17(21(27)28)11-24-19(20)12-25-18/h4-11,24-25H,12H2,1-3H3,(H,26,29)(H,27,28). The molecule has 0 aliphatic carbocycles. The van der Waals surface area contributed by atoms with Crippen LogP contribution in [0.3, 0.4) is 0 Å². The number of carbonyl (C=O) groups excluding carboxylic acids is 1. The van der Waals surface area contributed by atoms with Gasteiger partial charge in [-0.3, -0.25) is 5.32 Å². The number of rotatable bonds is 3. The summed E-state index contributed by atoms with van der Waals surface area (Å²) in [6.07, 6.45) is 1.03. The Morgan fingerprint density at radius 3 is 2.43 bits per heavy atom. The highest BCUT2D eigenvalue weighted by Gasteiger charge is 2.24. The highest BCUT2D eigenvalue weighted by atomic mass is 16.6. The number of amides is 1. The van der Waals surface area contributed by atoms with E-state index in [4.69, 9.17) is 4.74 Å². The zero-order chi connectivity index (χ0) is 21.5. The SMILES string of the molecule is CC(C)(C)OC(=O)Nc1ccc(-c2ccc3c(c2)-c2c(C(=O)O)c[nH]c2CN3)cc1. The lowest BCUT2D eigenvalue weighted by Gasteiger charge is -2.20. The predicted octanol–water partition coefficient (Wildman–Crippen LogP) is 5.32. The van der Waals surface area contributed by atoms with Crippen molar-refractivity contribution in [2.75, 3.05) is 10.6 Å². The lowest BCUT2D eigenvalue weighted by atomic mass is 9.93. The van der Waals surface area contributed by atoms with Gasteiger partial charge >= 0.3 is 12.1 Å². The number of anilines is 2. The fourth-order valence-corrected chi connectivity index (χ4v) is 3.52. The smallest absolute Gasteiger partial charge is 0.412 e. The summed E-state index contributed by atoms with van der Waals surface area (Å²) in [7, 11) is 0. The van der Waals surface area contributed by atoms with Crippen LogP contribution in [0.4, 0.5) is 16.2 Å². The maximum atomic E-state index is 11.9. The third-order valence-corrected chi connectivity index (χ3v) is 4.80. The Labute approximate surface area is 174 Å². The molecule has 4 rings (SSSR count). The van der Waals surface area contributed by atoms with Crippen LogP contribution in [0, 0.1) is 0 Å². The van der Waals surface area contributed by atoms with Gasteiger partial charge in [0.1, 0.15) is 5.60 Å². The van der Waals surface area contributed by atoms with E-state index in [1.807, 2.05) is 51.1 Å². The van der Waals surface area contributed by atoms with E-state index in [1.54, 1.807) is 12.1 Å². The van der Waals surface area contributed by atoms with Gasteiger partial charge in [-0.25, -0.2) is 9.59 Å². The number of carboxylic acid groups (broad SMARTS) is 1. The van der Waals surface area contributed by atoms with Crippen LogP contribution in [0.1, 0.15) is 36.8 Å². The fourth-order valence-electron chi connectivity index (χ4n) is 3.52. The van der Waals surface area contributed by atoms with Crippen molar-refractivity contribution >= 4 is 23.4 Å². The van der Waals surface area contributed by atoms with Crippen molar-refractivity contribution in [2.24, 2.45) is 0 Å². The highest BCUT2D eigenvalue weighted by Crippen LogP contribution is 2.40. The van der Waals surface area contributed by atoms with Crippen molar-refractivity contribution in [3.8, 4) is 22.3 Å². The van der Waals surface area contributed by atoms with Gasteiger partial charge in [0.15, 0.2) is 0 Å². The first-order valence-electron chi connectivity index (χ1n) is 9.63. The van der Waals surface area contributed by atoms with Gasteiger partial charge in [-0.2, -0.15) is 0 Å². The first kappa shape index (κ1) is 19.6. The molecule has 0 saturated heterocycles. The molecule has 7 heteroatoms. The van der Waals surface area contributed by atoms with E-state index in [2.05, 4.69) is 15.6 Å². The van der Waals surface area contributed by atoms with Crippen molar-refractivity contribution in [3.05, 3.63) is 59.9 Å². The Balaban J connectivity index is 1.61. The number of aromatic amines is 1. The number of nitrogens with one attached hydrogen (secondary N) is 3. The molecule has 2 heterocycles. The molecule has 154 valence electrons. The van der Waals surface area contributed by atoms with Crippen LogP contribution >= 0.6 is 0 Å². The minimum atomic E-state index is -0.955. The van der Waals surface area contributed by atoms with Crippen LogP contribution in [-0.2, 0) is 11.3 Å². The molecule has 0 unspecified atom stereocenters. The van der Waals surface area contributed by atoms with E-state index >= 15 is 0 Å². The zero-order valence-electron chi connectivity index (χ0n) is 17.0. The Morgan fingerprint density at radius 2 is 1.77 bits per heavy atom. The van der Waals surface area contributed by atoms with E-state index in [1.165, 1.54) is 6.20 Å². The lowest BCUT2D eigenvalue weighted by molar-refractivity contribution is 0.0634. The molecular formula is C23H23N3O4. The number of carbonyl (C=O) groups is 2. The summed E-state index contributed by atoms with van der Waals surface area (Å²) < 4.78 is 5.27. The summed E-state index contributed by atoms with van der Waals surface area (Å²) in [5.41, 5.74) is 5.56. The van der Waals surface area contributed by atoms with E-state index in [0.29, 0.717) is 12.2 Å². The van der Waals surface area contributed by atoms with Crippen LogP contribution in [0.25, 0.3) is 22.3 Å². The minimum absolute atomic E-state index is 0.266. The van der Waals surface area contributed by atoms with E-state index in [0.717, 1.165) is 33.6 Å². The molecular weight excluding hydrogens is 382 g/mol. The maximum absolute atomic E-state index is 11.9. The van der Waals surface area contributed by atoms with Gasteiger partial charge in [0.2, 0.25) is 0 Å². The topological polar surface area (TPSA) is 103 Å². The number of H-pyrrole nitrogens is 1. The Bertz CT molecular complexity index is 1120. The Morgan fingerprint density at radius 1 is 1.07 bits per heavy atom. The monoisotopic (exact) mass is 405 g/mol. The number of benzene rings is 2. The van der Waals surface area contributed by atoms with Crippen molar-refractivity contribution in [2.45, 2.75) is 32.9 Å². The van der Waals surface area contributed by atoms with Gasteiger partial charge in [-0.15, -0.1) is 0 Å². The molecule has 1 aliphatic heterocycles. The van der Waals surface area contributed by atoms with Gasteiger partial charge in [0.25, 0.3) is 0 Å². The fraction of sp³-hybridized carbons (Fsp3) is 0.217. The molecule has 0 radical (unpaired) electrons. The van der Waals surface area contributed by atoms with Gasteiger partial charge in [0, 0.05) is 34.4 Å². The first-order chi connectivity index (χ1) is 14.2. The average Bonchev–Trinajstić information content (AvgIpc) is 3.11.